The van der Waals surface area contributed by atoms with Crippen molar-refractivity contribution in [3.63, 3.8) is 0 Å². The summed E-state index contributed by atoms with van der Waals surface area (Å²) >= 11 is 0. The van der Waals surface area contributed by atoms with Gasteiger partial charge in [-0.3, -0.25) is 0 Å². The molecule has 0 aliphatic heterocycles. The minimum atomic E-state index is 0.861. The zero-order valence-corrected chi connectivity index (χ0v) is 6.51. The van der Waals surface area contributed by atoms with Gasteiger partial charge in [0, 0.05) is 0 Å². The van der Waals surface area contributed by atoms with Crippen molar-refractivity contribution >= 4 is 6.08 Å². The molecule has 54 valence electrons. The first kappa shape index (κ1) is 7.06. The van der Waals surface area contributed by atoms with Crippen LogP contribution in [-0.2, 0) is 0 Å². The monoisotopic (exact) mass is 137 g/mol. The van der Waals surface area contributed by atoms with Crippen molar-refractivity contribution in [2.45, 2.75) is 20.8 Å². The molecule has 1 aromatic heterocycles. The maximum absolute atomic E-state index is 5.09. The van der Waals surface area contributed by atoms with Crippen LogP contribution in [0.15, 0.2) is 16.4 Å². The van der Waals surface area contributed by atoms with Gasteiger partial charge in [-0.05, 0) is 26.8 Å². The molecule has 0 spiro atoms. The highest BCUT2D eigenvalue weighted by molar-refractivity contribution is 5.47. The highest BCUT2D eigenvalue weighted by Gasteiger charge is 1.96. The van der Waals surface area contributed by atoms with E-state index < -0.39 is 0 Å². The van der Waals surface area contributed by atoms with Crippen molar-refractivity contribution in [1.82, 2.24) is 4.98 Å². The van der Waals surface area contributed by atoms with Gasteiger partial charge in [-0.2, -0.15) is 0 Å². The van der Waals surface area contributed by atoms with Crippen molar-refractivity contribution in [1.29, 1.82) is 0 Å². The second-order valence-electron chi connectivity index (χ2n) is 2.52. The number of allylic oxidation sites excluding steroid dienone is 1. The average molecular weight is 137 g/mol. The Morgan fingerprint density at radius 2 is 2.30 bits per heavy atom. The van der Waals surface area contributed by atoms with Crippen molar-refractivity contribution in [3.05, 3.63) is 23.4 Å². The first-order valence-electron chi connectivity index (χ1n) is 3.25. The summed E-state index contributed by atoms with van der Waals surface area (Å²) in [5.74, 6) is 0.861. The standard InChI is InChI=1S/C8H11NO/c1-6(2)4-8-7(3)9-5-10-8/h4-5H,1-3H3. The van der Waals surface area contributed by atoms with E-state index in [1.54, 1.807) is 0 Å². The minimum absolute atomic E-state index is 0.861. The molecule has 0 amide bonds. The van der Waals surface area contributed by atoms with E-state index >= 15 is 0 Å². The first-order chi connectivity index (χ1) is 4.70. The molecule has 0 unspecified atom stereocenters. The third kappa shape index (κ3) is 1.47. The zero-order chi connectivity index (χ0) is 7.56. The van der Waals surface area contributed by atoms with Crippen LogP contribution in [0.1, 0.15) is 25.3 Å². The minimum Gasteiger partial charge on any atom is -0.444 e. The number of hydrogen-bond acceptors (Lipinski definition) is 2. The van der Waals surface area contributed by atoms with Gasteiger partial charge in [0.2, 0.25) is 0 Å². The van der Waals surface area contributed by atoms with Crippen molar-refractivity contribution in [2.24, 2.45) is 0 Å². The Balaban J connectivity index is 2.95. The maximum atomic E-state index is 5.09. The number of hydrogen-bond donors (Lipinski definition) is 0. The molecule has 2 nitrogen and oxygen atoms in total. The summed E-state index contributed by atoms with van der Waals surface area (Å²) in [5.41, 5.74) is 2.17. The zero-order valence-electron chi connectivity index (χ0n) is 6.51. The van der Waals surface area contributed by atoms with Crippen LogP contribution in [0.5, 0.6) is 0 Å². The molecule has 0 radical (unpaired) electrons. The highest BCUT2D eigenvalue weighted by Crippen LogP contribution is 2.09. The summed E-state index contributed by atoms with van der Waals surface area (Å²) in [6.07, 6.45) is 3.44. The number of nitrogens with zero attached hydrogens (tertiary/aromatic N) is 1. The molecule has 10 heavy (non-hydrogen) atoms. The molecule has 0 bridgehead atoms. The Morgan fingerprint density at radius 1 is 1.60 bits per heavy atom. The fourth-order valence-corrected chi connectivity index (χ4v) is 0.712. The molecular weight excluding hydrogens is 126 g/mol. The second-order valence-corrected chi connectivity index (χ2v) is 2.52. The molecule has 0 atom stereocenters. The van der Waals surface area contributed by atoms with Crippen LogP contribution in [0, 0.1) is 6.92 Å². The van der Waals surface area contributed by atoms with Crippen LogP contribution in [0.25, 0.3) is 6.08 Å². The van der Waals surface area contributed by atoms with Gasteiger partial charge in [0.05, 0.1) is 5.69 Å². The van der Waals surface area contributed by atoms with Crippen LogP contribution >= 0.6 is 0 Å². The lowest BCUT2D eigenvalue weighted by molar-refractivity contribution is 0.547. The van der Waals surface area contributed by atoms with E-state index in [9.17, 15) is 0 Å². The van der Waals surface area contributed by atoms with Crippen LogP contribution in [0.4, 0.5) is 0 Å². The van der Waals surface area contributed by atoms with E-state index in [0.29, 0.717) is 0 Å². The van der Waals surface area contributed by atoms with Gasteiger partial charge in [-0.15, -0.1) is 0 Å². The quantitative estimate of drug-likeness (QED) is 0.594. The molecule has 1 aromatic rings. The summed E-state index contributed by atoms with van der Waals surface area (Å²) < 4.78 is 5.09. The molecule has 0 aliphatic carbocycles. The van der Waals surface area contributed by atoms with Gasteiger partial charge in [0.15, 0.2) is 6.39 Å². The summed E-state index contributed by atoms with van der Waals surface area (Å²) in [6, 6.07) is 0. The van der Waals surface area contributed by atoms with Crippen LogP contribution in [0.3, 0.4) is 0 Å². The molecule has 0 fully saturated rings. The molecule has 0 aliphatic rings. The maximum Gasteiger partial charge on any atom is 0.181 e. The van der Waals surface area contributed by atoms with E-state index in [1.165, 1.54) is 12.0 Å². The third-order valence-electron chi connectivity index (χ3n) is 1.20. The molecular formula is C8H11NO. The largest absolute Gasteiger partial charge is 0.444 e. The summed E-state index contributed by atoms with van der Waals surface area (Å²) in [5, 5.41) is 0. The van der Waals surface area contributed by atoms with Gasteiger partial charge < -0.3 is 4.42 Å². The van der Waals surface area contributed by atoms with Crippen LogP contribution < -0.4 is 0 Å². The molecule has 0 N–H and O–H groups in total. The Hall–Kier alpha value is -1.05. The fraction of sp³-hybridized carbons (Fsp3) is 0.375. The van der Waals surface area contributed by atoms with Crippen LogP contribution in [0.2, 0.25) is 0 Å². The van der Waals surface area contributed by atoms with Gasteiger partial charge in [-0.1, -0.05) is 5.57 Å². The molecule has 0 aromatic carbocycles. The average Bonchev–Trinajstić information content (AvgIpc) is 2.15. The van der Waals surface area contributed by atoms with Crippen molar-refractivity contribution < 1.29 is 4.42 Å². The van der Waals surface area contributed by atoms with E-state index in [4.69, 9.17) is 4.42 Å². The normalized spacial score (nSPS) is 9.50. The smallest absolute Gasteiger partial charge is 0.181 e. The first-order valence-corrected chi connectivity index (χ1v) is 3.25. The van der Waals surface area contributed by atoms with Gasteiger partial charge >= 0.3 is 0 Å². The van der Waals surface area contributed by atoms with E-state index in [-0.39, 0.29) is 0 Å². The summed E-state index contributed by atoms with van der Waals surface area (Å²) in [7, 11) is 0. The fourth-order valence-electron chi connectivity index (χ4n) is 0.712. The van der Waals surface area contributed by atoms with E-state index in [1.807, 2.05) is 26.8 Å². The summed E-state index contributed by atoms with van der Waals surface area (Å²) in [4.78, 5) is 3.96. The lowest BCUT2D eigenvalue weighted by Crippen LogP contribution is -1.73. The topological polar surface area (TPSA) is 26.0 Å². The van der Waals surface area contributed by atoms with Gasteiger partial charge in [0.1, 0.15) is 5.76 Å². The van der Waals surface area contributed by atoms with E-state index in [2.05, 4.69) is 4.98 Å². The number of aromatic nitrogens is 1. The second kappa shape index (κ2) is 2.69. The molecule has 0 saturated carbocycles. The molecule has 1 heterocycles. The third-order valence-corrected chi connectivity index (χ3v) is 1.20. The number of rotatable bonds is 1. The van der Waals surface area contributed by atoms with Gasteiger partial charge in [0.25, 0.3) is 0 Å². The lowest BCUT2D eigenvalue weighted by atomic mass is 10.2. The highest BCUT2D eigenvalue weighted by atomic mass is 16.3. The molecule has 2 heteroatoms. The van der Waals surface area contributed by atoms with Crippen LogP contribution in [-0.4, -0.2) is 4.98 Å². The number of oxazole rings is 1. The Morgan fingerprint density at radius 3 is 2.70 bits per heavy atom. The molecule has 0 saturated heterocycles. The van der Waals surface area contributed by atoms with E-state index in [0.717, 1.165) is 11.5 Å². The van der Waals surface area contributed by atoms with Gasteiger partial charge in [-0.25, -0.2) is 4.98 Å². The lowest BCUT2D eigenvalue weighted by Gasteiger charge is -1.87. The Kier molecular flexibility index (Phi) is 1.90. The Bertz CT molecular complexity index is 244. The predicted molar refractivity (Wildman–Crippen MR) is 40.6 cm³/mol. The number of aryl methyl sites for hydroxylation is 1. The Labute approximate surface area is 60.6 Å². The van der Waals surface area contributed by atoms with Crippen molar-refractivity contribution in [2.75, 3.05) is 0 Å². The van der Waals surface area contributed by atoms with Crippen molar-refractivity contribution in [3.8, 4) is 0 Å². The summed E-state index contributed by atoms with van der Waals surface area (Å²) in [6.45, 7) is 5.99. The SMILES string of the molecule is CC(C)=Cc1ocnc1C. The predicted octanol–water partition coefficient (Wildman–Crippen LogP) is 2.41. The molecule has 1 rings (SSSR count).